The summed E-state index contributed by atoms with van der Waals surface area (Å²) in [6.07, 6.45) is 4.65. The zero-order valence-electron chi connectivity index (χ0n) is 15.8. The van der Waals surface area contributed by atoms with Crippen molar-refractivity contribution in [1.29, 1.82) is 0 Å². The average molecular weight is 393 g/mol. The van der Waals surface area contributed by atoms with Crippen LogP contribution >= 0.6 is 0 Å². The third-order valence-electron chi connectivity index (χ3n) is 6.31. The van der Waals surface area contributed by atoms with Crippen LogP contribution in [0.4, 0.5) is 4.39 Å². The van der Waals surface area contributed by atoms with E-state index in [1.54, 1.807) is 11.2 Å². The van der Waals surface area contributed by atoms with Crippen LogP contribution in [0.2, 0.25) is 0 Å². The first kappa shape index (κ1) is 18.6. The van der Waals surface area contributed by atoms with Crippen molar-refractivity contribution < 1.29 is 12.8 Å². The Morgan fingerprint density at radius 2 is 1.74 bits per heavy atom. The van der Waals surface area contributed by atoms with E-state index in [9.17, 15) is 12.8 Å². The fourth-order valence-corrected chi connectivity index (χ4v) is 5.91. The van der Waals surface area contributed by atoms with Crippen LogP contribution in [0.3, 0.4) is 0 Å². The number of halogens is 1. The molecule has 0 N–H and O–H groups in total. The fraction of sp³-hybridized carbons (Fsp3) is 0.579. The molecule has 1 aromatic heterocycles. The smallest absolute Gasteiger partial charge is 0.243 e. The molecule has 0 amide bonds. The Labute approximate surface area is 159 Å². The summed E-state index contributed by atoms with van der Waals surface area (Å²) in [5.41, 5.74) is 0.518. The van der Waals surface area contributed by atoms with Gasteiger partial charge in [-0.15, -0.1) is 10.2 Å². The molecule has 1 aromatic carbocycles. The minimum atomic E-state index is -3.58. The normalized spacial score (nSPS) is 20.4. The van der Waals surface area contributed by atoms with E-state index < -0.39 is 10.0 Å². The Bertz CT molecular complexity index is 962. The number of hydrogen-bond donors (Lipinski definition) is 0. The van der Waals surface area contributed by atoms with E-state index in [0.29, 0.717) is 18.7 Å². The topological polar surface area (TPSA) is 68.1 Å². The van der Waals surface area contributed by atoms with Crippen LogP contribution in [-0.4, -0.2) is 40.6 Å². The quantitative estimate of drug-likeness (QED) is 0.788. The van der Waals surface area contributed by atoms with E-state index in [1.165, 1.54) is 18.2 Å². The Balaban J connectivity index is 1.48. The number of rotatable bonds is 2. The maximum Gasteiger partial charge on any atom is 0.243 e. The van der Waals surface area contributed by atoms with Crippen molar-refractivity contribution in [1.82, 2.24) is 19.1 Å². The van der Waals surface area contributed by atoms with Gasteiger partial charge in [-0.3, -0.25) is 0 Å². The summed E-state index contributed by atoms with van der Waals surface area (Å²) in [7, 11) is -3.58. The van der Waals surface area contributed by atoms with Gasteiger partial charge in [-0.25, -0.2) is 12.8 Å². The largest absolute Gasteiger partial charge is 0.315 e. The number of aryl methyl sites for hydroxylation is 3. The summed E-state index contributed by atoms with van der Waals surface area (Å²) in [6.45, 7) is 5.49. The van der Waals surface area contributed by atoms with Crippen molar-refractivity contribution in [2.75, 3.05) is 13.1 Å². The first-order chi connectivity index (χ1) is 12.8. The fourth-order valence-electron chi connectivity index (χ4n) is 4.38. The third kappa shape index (κ3) is 3.29. The van der Waals surface area contributed by atoms with Crippen molar-refractivity contribution >= 4 is 10.0 Å². The summed E-state index contributed by atoms with van der Waals surface area (Å²) in [5.74, 6) is 1.61. The molecule has 2 aliphatic heterocycles. The van der Waals surface area contributed by atoms with Crippen LogP contribution in [0.25, 0.3) is 0 Å². The molecule has 4 rings (SSSR count). The van der Waals surface area contributed by atoms with E-state index in [-0.39, 0.29) is 16.1 Å². The predicted molar refractivity (Wildman–Crippen MR) is 99.3 cm³/mol. The number of sulfonamides is 1. The summed E-state index contributed by atoms with van der Waals surface area (Å²) in [4.78, 5) is 0.181. The summed E-state index contributed by atoms with van der Waals surface area (Å²) in [5, 5.41) is 8.44. The first-order valence-corrected chi connectivity index (χ1v) is 10.9. The second kappa shape index (κ2) is 6.67. The number of hydrogen-bond acceptors (Lipinski definition) is 4. The third-order valence-corrected chi connectivity index (χ3v) is 8.20. The Morgan fingerprint density at radius 1 is 1.04 bits per heavy atom. The van der Waals surface area contributed by atoms with Crippen molar-refractivity contribution in [3.05, 3.63) is 41.2 Å². The lowest BCUT2D eigenvalue weighted by Gasteiger charge is -2.40. The molecule has 0 aliphatic carbocycles. The molecule has 0 unspecified atom stereocenters. The lowest BCUT2D eigenvalue weighted by molar-refractivity contribution is 0.129. The second-order valence-corrected chi connectivity index (χ2v) is 9.82. The molecule has 3 heterocycles. The molecule has 0 atom stereocenters. The molecular formula is C19H25FN4O2S. The van der Waals surface area contributed by atoms with Crippen molar-refractivity contribution in [2.24, 2.45) is 5.41 Å². The molecule has 2 aromatic rings. The van der Waals surface area contributed by atoms with E-state index in [1.807, 2.05) is 6.92 Å². The van der Waals surface area contributed by atoms with Crippen LogP contribution in [0, 0.1) is 25.1 Å². The monoisotopic (exact) mass is 392 g/mol. The highest BCUT2D eigenvalue weighted by molar-refractivity contribution is 7.89. The van der Waals surface area contributed by atoms with E-state index in [4.69, 9.17) is 0 Å². The number of piperidine rings is 1. The minimum Gasteiger partial charge on any atom is -0.315 e. The number of fused-ring (bicyclic) bond motifs is 1. The Morgan fingerprint density at radius 3 is 2.44 bits per heavy atom. The number of aromatic nitrogens is 3. The van der Waals surface area contributed by atoms with Gasteiger partial charge in [-0.2, -0.15) is 4.31 Å². The molecule has 1 saturated heterocycles. The van der Waals surface area contributed by atoms with Gasteiger partial charge in [0.05, 0.1) is 4.90 Å². The molecular weight excluding hydrogens is 367 g/mol. The van der Waals surface area contributed by atoms with Gasteiger partial charge < -0.3 is 4.57 Å². The molecule has 0 radical (unpaired) electrons. The van der Waals surface area contributed by atoms with Crippen molar-refractivity contribution in [3.63, 3.8) is 0 Å². The molecule has 2 aliphatic rings. The zero-order valence-corrected chi connectivity index (χ0v) is 16.6. The van der Waals surface area contributed by atoms with Crippen LogP contribution < -0.4 is 0 Å². The molecule has 6 nitrogen and oxygen atoms in total. The van der Waals surface area contributed by atoms with E-state index >= 15 is 0 Å². The molecule has 8 heteroatoms. The molecule has 0 saturated carbocycles. The van der Waals surface area contributed by atoms with Crippen LogP contribution in [0.15, 0.2) is 23.1 Å². The first-order valence-electron chi connectivity index (χ1n) is 9.46. The standard InChI is InChI=1S/C19H25FN4O2S/c1-14-13-16(3-4-17(14)20)27(25,26)23-10-7-19(8-11-23)6-5-18-22-21-15(2)24(18)12-9-19/h3-4,13H,5-12H2,1-2H3. The van der Waals surface area contributed by atoms with Gasteiger partial charge in [0.15, 0.2) is 0 Å². The van der Waals surface area contributed by atoms with Gasteiger partial charge in [-0.1, -0.05) is 0 Å². The zero-order chi connectivity index (χ0) is 19.2. The van der Waals surface area contributed by atoms with E-state index in [2.05, 4.69) is 14.8 Å². The highest BCUT2D eigenvalue weighted by Gasteiger charge is 2.39. The minimum absolute atomic E-state index is 0.165. The number of benzene rings is 1. The van der Waals surface area contributed by atoms with E-state index in [0.717, 1.165) is 50.3 Å². The molecule has 146 valence electrons. The van der Waals surface area contributed by atoms with Gasteiger partial charge >= 0.3 is 0 Å². The van der Waals surface area contributed by atoms with Crippen LogP contribution in [0.1, 0.15) is 42.9 Å². The molecule has 1 spiro atoms. The SMILES string of the molecule is Cc1cc(S(=O)(=O)N2CCC3(CCc4nnc(C)n4CC3)CC2)ccc1F. The molecule has 27 heavy (non-hydrogen) atoms. The van der Waals surface area contributed by atoms with Gasteiger partial charge in [0, 0.05) is 26.1 Å². The predicted octanol–water partition coefficient (Wildman–Crippen LogP) is 2.84. The summed E-state index contributed by atoms with van der Waals surface area (Å²) >= 11 is 0. The van der Waals surface area contributed by atoms with Crippen LogP contribution in [0.5, 0.6) is 0 Å². The lowest BCUT2D eigenvalue weighted by atomic mass is 9.73. The van der Waals surface area contributed by atoms with Crippen LogP contribution in [-0.2, 0) is 23.0 Å². The van der Waals surface area contributed by atoms with Gasteiger partial charge in [0.2, 0.25) is 10.0 Å². The highest BCUT2D eigenvalue weighted by atomic mass is 32.2. The molecule has 0 bridgehead atoms. The maximum atomic E-state index is 13.5. The Kier molecular flexibility index (Phi) is 4.58. The van der Waals surface area contributed by atoms with Crippen molar-refractivity contribution in [3.8, 4) is 0 Å². The number of nitrogens with zero attached hydrogens (tertiary/aromatic N) is 4. The highest BCUT2D eigenvalue weighted by Crippen LogP contribution is 2.42. The van der Waals surface area contributed by atoms with Crippen molar-refractivity contribution in [2.45, 2.75) is 57.4 Å². The average Bonchev–Trinajstić information content (AvgIpc) is 2.90. The van der Waals surface area contributed by atoms with Gasteiger partial charge in [-0.05, 0) is 68.7 Å². The molecule has 1 fully saturated rings. The Hall–Kier alpha value is -1.80. The second-order valence-electron chi connectivity index (χ2n) is 7.88. The summed E-state index contributed by atoms with van der Waals surface area (Å²) in [6, 6.07) is 4.02. The lowest BCUT2D eigenvalue weighted by Crippen LogP contribution is -2.43. The van der Waals surface area contributed by atoms with Gasteiger partial charge in [0.25, 0.3) is 0 Å². The maximum absolute atomic E-state index is 13.5. The summed E-state index contributed by atoms with van der Waals surface area (Å²) < 4.78 is 43.2. The van der Waals surface area contributed by atoms with Gasteiger partial charge in [0.1, 0.15) is 17.5 Å².